The van der Waals surface area contributed by atoms with E-state index in [1.165, 1.54) is 0 Å². The summed E-state index contributed by atoms with van der Waals surface area (Å²) >= 11 is 0. The SMILES string of the molecule is O=C(O)C(c1cccc(Oc2ccccc2)c1)C1(O)CCCCC1. The van der Waals surface area contributed by atoms with Crippen molar-refractivity contribution in [2.24, 2.45) is 0 Å². The molecule has 0 aromatic heterocycles. The first kappa shape index (κ1) is 16.5. The highest BCUT2D eigenvalue weighted by Gasteiger charge is 2.43. The molecule has 126 valence electrons. The van der Waals surface area contributed by atoms with Crippen molar-refractivity contribution in [3.63, 3.8) is 0 Å². The molecule has 2 aromatic rings. The van der Waals surface area contributed by atoms with Gasteiger partial charge in [0.1, 0.15) is 17.4 Å². The molecule has 0 spiro atoms. The summed E-state index contributed by atoms with van der Waals surface area (Å²) in [5, 5.41) is 20.6. The zero-order valence-corrected chi connectivity index (χ0v) is 13.5. The molecule has 0 heterocycles. The fourth-order valence-corrected chi connectivity index (χ4v) is 3.52. The van der Waals surface area contributed by atoms with Crippen molar-refractivity contribution in [2.45, 2.75) is 43.6 Å². The Labute approximate surface area is 141 Å². The summed E-state index contributed by atoms with van der Waals surface area (Å²) < 4.78 is 5.79. The summed E-state index contributed by atoms with van der Waals surface area (Å²) in [5.74, 6) is -0.657. The lowest BCUT2D eigenvalue weighted by molar-refractivity contribution is -0.147. The molecule has 1 aliphatic carbocycles. The molecule has 1 aliphatic rings. The zero-order valence-electron chi connectivity index (χ0n) is 13.5. The molecule has 2 aromatic carbocycles. The van der Waals surface area contributed by atoms with Crippen LogP contribution in [0.15, 0.2) is 54.6 Å². The third-order valence-electron chi connectivity index (χ3n) is 4.67. The van der Waals surface area contributed by atoms with E-state index in [1.54, 1.807) is 24.3 Å². The lowest BCUT2D eigenvalue weighted by Crippen LogP contribution is -2.42. The van der Waals surface area contributed by atoms with Crippen LogP contribution in [0.5, 0.6) is 11.5 Å². The Balaban J connectivity index is 1.88. The zero-order chi connectivity index (χ0) is 17.0. The minimum atomic E-state index is -1.19. The largest absolute Gasteiger partial charge is 0.481 e. The number of carboxylic acids is 1. The number of rotatable bonds is 5. The Morgan fingerprint density at radius 2 is 1.62 bits per heavy atom. The number of benzene rings is 2. The second-order valence-electron chi connectivity index (χ2n) is 6.42. The van der Waals surface area contributed by atoms with E-state index >= 15 is 0 Å². The van der Waals surface area contributed by atoms with Crippen LogP contribution in [-0.2, 0) is 4.79 Å². The lowest BCUT2D eigenvalue weighted by Gasteiger charge is -2.37. The van der Waals surface area contributed by atoms with Gasteiger partial charge in [-0.25, -0.2) is 0 Å². The van der Waals surface area contributed by atoms with Crippen molar-refractivity contribution < 1.29 is 19.7 Å². The van der Waals surface area contributed by atoms with E-state index in [9.17, 15) is 15.0 Å². The van der Waals surface area contributed by atoms with E-state index in [1.807, 2.05) is 30.3 Å². The van der Waals surface area contributed by atoms with Gasteiger partial charge in [-0.15, -0.1) is 0 Å². The number of para-hydroxylation sites is 1. The number of carboxylic acid groups (broad SMARTS) is 1. The van der Waals surface area contributed by atoms with Crippen molar-refractivity contribution in [1.29, 1.82) is 0 Å². The topological polar surface area (TPSA) is 66.8 Å². The van der Waals surface area contributed by atoms with Gasteiger partial charge in [0.05, 0.1) is 5.60 Å². The van der Waals surface area contributed by atoms with Gasteiger partial charge >= 0.3 is 5.97 Å². The Morgan fingerprint density at radius 1 is 0.958 bits per heavy atom. The summed E-state index contributed by atoms with van der Waals surface area (Å²) in [5.41, 5.74) is -0.601. The van der Waals surface area contributed by atoms with E-state index in [0.29, 0.717) is 29.9 Å². The van der Waals surface area contributed by atoms with Crippen molar-refractivity contribution in [3.8, 4) is 11.5 Å². The van der Waals surface area contributed by atoms with Gasteiger partial charge in [0.25, 0.3) is 0 Å². The summed E-state index contributed by atoms with van der Waals surface area (Å²) in [4.78, 5) is 11.9. The number of ether oxygens (including phenoxy) is 1. The van der Waals surface area contributed by atoms with Crippen LogP contribution in [0.25, 0.3) is 0 Å². The lowest BCUT2D eigenvalue weighted by atomic mass is 9.73. The van der Waals surface area contributed by atoms with Crippen LogP contribution in [-0.4, -0.2) is 21.8 Å². The Kier molecular flexibility index (Phi) is 4.86. The fraction of sp³-hybridized carbons (Fsp3) is 0.350. The number of carbonyl (C=O) groups is 1. The van der Waals surface area contributed by atoms with Crippen molar-refractivity contribution in [1.82, 2.24) is 0 Å². The maximum atomic E-state index is 11.9. The predicted octanol–water partition coefficient (Wildman–Crippen LogP) is 4.34. The molecule has 1 atom stereocenters. The average Bonchev–Trinajstić information content (AvgIpc) is 2.56. The summed E-state index contributed by atoms with van der Waals surface area (Å²) in [7, 11) is 0. The molecule has 0 bridgehead atoms. The minimum Gasteiger partial charge on any atom is -0.481 e. The van der Waals surface area contributed by atoms with Crippen molar-refractivity contribution >= 4 is 5.97 Å². The maximum Gasteiger partial charge on any atom is 0.313 e. The van der Waals surface area contributed by atoms with Gasteiger partial charge in [-0.1, -0.05) is 49.6 Å². The molecule has 1 saturated carbocycles. The van der Waals surface area contributed by atoms with Gasteiger partial charge in [0.2, 0.25) is 0 Å². The van der Waals surface area contributed by atoms with Crippen LogP contribution in [0.2, 0.25) is 0 Å². The highest BCUT2D eigenvalue weighted by atomic mass is 16.5. The normalized spacial score (nSPS) is 17.9. The maximum absolute atomic E-state index is 11.9. The average molecular weight is 326 g/mol. The van der Waals surface area contributed by atoms with Crippen molar-refractivity contribution in [3.05, 3.63) is 60.2 Å². The van der Waals surface area contributed by atoms with Gasteiger partial charge in [0, 0.05) is 0 Å². The highest BCUT2D eigenvalue weighted by molar-refractivity contribution is 5.78. The molecule has 24 heavy (non-hydrogen) atoms. The van der Waals surface area contributed by atoms with Crippen LogP contribution < -0.4 is 4.74 Å². The first-order valence-corrected chi connectivity index (χ1v) is 8.36. The van der Waals surface area contributed by atoms with Gasteiger partial charge in [-0.2, -0.15) is 0 Å². The van der Waals surface area contributed by atoms with Gasteiger partial charge < -0.3 is 14.9 Å². The molecule has 0 aliphatic heterocycles. The van der Waals surface area contributed by atoms with Crippen molar-refractivity contribution in [2.75, 3.05) is 0 Å². The Hall–Kier alpha value is -2.33. The van der Waals surface area contributed by atoms with Crippen LogP contribution in [0.4, 0.5) is 0 Å². The predicted molar refractivity (Wildman–Crippen MR) is 91.4 cm³/mol. The molecule has 0 saturated heterocycles. The highest BCUT2D eigenvalue weighted by Crippen LogP contribution is 2.41. The molecular weight excluding hydrogens is 304 g/mol. The van der Waals surface area contributed by atoms with Crippen LogP contribution in [0, 0.1) is 0 Å². The number of aliphatic hydroxyl groups is 1. The summed E-state index contributed by atoms with van der Waals surface area (Å²) in [6, 6.07) is 16.4. The molecule has 1 fully saturated rings. The minimum absolute atomic E-state index is 0.522. The van der Waals surface area contributed by atoms with Crippen LogP contribution >= 0.6 is 0 Å². The number of hydrogen-bond donors (Lipinski definition) is 2. The third kappa shape index (κ3) is 3.60. The van der Waals surface area contributed by atoms with Crippen LogP contribution in [0.1, 0.15) is 43.6 Å². The smallest absolute Gasteiger partial charge is 0.313 e. The second-order valence-corrected chi connectivity index (χ2v) is 6.42. The Morgan fingerprint density at radius 3 is 2.29 bits per heavy atom. The molecule has 0 radical (unpaired) electrons. The Bertz CT molecular complexity index is 690. The molecule has 2 N–H and O–H groups in total. The van der Waals surface area contributed by atoms with E-state index in [-0.39, 0.29) is 0 Å². The van der Waals surface area contributed by atoms with E-state index < -0.39 is 17.5 Å². The van der Waals surface area contributed by atoms with Crippen LogP contribution in [0.3, 0.4) is 0 Å². The first-order valence-electron chi connectivity index (χ1n) is 8.36. The van der Waals surface area contributed by atoms with Gasteiger partial charge in [-0.05, 0) is 42.7 Å². The summed E-state index contributed by atoms with van der Waals surface area (Å²) in [6.45, 7) is 0. The third-order valence-corrected chi connectivity index (χ3v) is 4.67. The molecule has 0 amide bonds. The molecular formula is C20H22O4. The van der Waals surface area contributed by atoms with E-state index in [0.717, 1.165) is 19.3 Å². The number of hydrogen-bond acceptors (Lipinski definition) is 3. The summed E-state index contributed by atoms with van der Waals surface area (Å²) in [6.07, 6.45) is 3.81. The van der Waals surface area contributed by atoms with E-state index in [4.69, 9.17) is 4.74 Å². The molecule has 4 heteroatoms. The first-order chi connectivity index (χ1) is 11.6. The van der Waals surface area contributed by atoms with Gasteiger partial charge in [-0.3, -0.25) is 4.79 Å². The number of aliphatic carboxylic acids is 1. The second kappa shape index (κ2) is 7.05. The molecule has 1 unspecified atom stereocenters. The standard InChI is InChI=1S/C20H22O4/c21-19(22)18(20(23)12-5-2-6-13-20)15-8-7-11-17(14-15)24-16-9-3-1-4-10-16/h1,3-4,7-11,14,18,23H,2,5-6,12-13H2,(H,21,22). The fourth-order valence-electron chi connectivity index (χ4n) is 3.52. The monoisotopic (exact) mass is 326 g/mol. The molecule has 3 rings (SSSR count). The van der Waals surface area contributed by atoms with E-state index in [2.05, 4.69) is 0 Å². The molecule has 4 nitrogen and oxygen atoms in total. The van der Waals surface area contributed by atoms with Gasteiger partial charge in [0.15, 0.2) is 0 Å². The quantitative estimate of drug-likeness (QED) is 0.857.